The maximum absolute atomic E-state index is 14.0. The van der Waals surface area contributed by atoms with Gasteiger partial charge >= 0.3 is 0 Å². The van der Waals surface area contributed by atoms with Gasteiger partial charge in [0.25, 0.3) is 0 Å². The molecule has 0 aliphatic rings. The number of hydrogen-bond donors (Lipinski definition) is 0. The molecule has 0 aliphatic heterocycles. The van der Waals surface area contributed by atoms with E-state index in [1.165, 1.54) is 6.07 Å². The second-order valence-corrected chi connectivity index (χ2v) is 11.5. The van der Waals surface area contributed by atoms with E-state index in [9.17, 15) is 8.78 Å². The van der Waals surface area contributed by atoms with Gasteiger partial charge in [-0.3, -0.25) is 0 Å². The molecule has 0 bridgehead atoms. The van der Waals surface area contributed by atoms with Crippen molar-refractivity contribution in [1.82, 2.24) is 0 Å². The highest BCUT2D eigenvalue weighted by Crippen LogP contribution is 2.25. The highest BCUT2D eigenvalue weighted by atomic mass is 32.1. The maximum atomic E-state index is 14.0. The average molecular weight is 687 g/mol. The Balaban J connectivity index is 0.000000194. The predicted molar refractivity (Wildman–Crippen MR) is 207 cm³/mol. The van der Waals surface area contributed by atoms with E-state index in [0.29, 0.717) is 11.1 Å². The topological polar surface area (TPSA) is 24.7 Å². The van der Waals surface area contributed by atoms with Crippen LogP contribution in [0.3, 0.4) is 0 Å². The third-order valence-corrected chi connectivity index (χ3v) is 7.62. The molecule has 0 atom stereocenters. The summed E-state index contributed by atoms with van der Waals surface area (Å²) >= 11 is 9.17. The lowest BCUT2D eigenvalue weighted by Crippen LogP contribution is -1.86. The zero-order chi connectivity index (χ0) is 35.3. The lowest BCUT2D eigenvalue weighted by molar-refractivity contribution is 0.623. The zero-order valence-electron chi connectivity index (χ0n) is 27.2. The molecule has 0 aliphatic carbocycles. The van der Waals surface area contributed by atoms with Crippen molar-refractivity contribution in [2.75, 3.05) is 0 Å². The molecule has 0 radical (unpaired) electrons. The summed E-state index contributed by atoms with van der Waals surface area (Å²) in [6.45, 7) is 3.73. The normalized spacial score (nSPS) is 9.68. The molecule has 0 unspecified atom stereocenters. The van der Waals surface area contributed by atoms with Gasteiger partial charge in [0.2, 0.25) is 0 Å². The SMILES string of the molecule is Cc1ccc(-c2ccc(C#Cc3ccc(N=C=S)cc3)cc2)c(F)c1.Cc1ccc(C#Cc2ccc(-c3ccc(N=C=S)cc3)cc2)c(F)c1. The lowest BCUT2D eigenvalue weighted by atomic mass is 10.0. The smallest absolute Gasteiger partial charge is 0.139 e. The Morgan fingerprint density at radius 3 is 1.32 bits per heavy atom. The van der Waals surface area contributed by atoms with Gasteiger partial charge in [-0.05, 0) is 145 Å². The van der Waals surface area contributed by atoms with E-state index in [1.54, 1.807) is 18.2 Å². The van der Waals surface area contributed by atoms with Gasteiger partial charge in [0, 0.05) is 22.3 Å². The maximum Gasteiger partial charge on any atom is 0.139 e. The van der Waals surface area contributed by atoms with Crippen LogP contribution in [0.15, 0.2) is 143 Å². The minimum atomic E-state index is -0.289. The van der Waals surface area contributed by atoms with Gasteiger partial charge in [-0.1, -0.05) is 78.3 Å². The highest BCUT2D eigenvalue weighted by Gasteiger charge is 2.05. The minimum absolute atomic E-state index is 0.210. The van der Waals surface area contributed by atoms with Crippen LogP contribution in [-0.4, -0.2) is 10.3 Å². The van der Waals surface area contributed by atoms with Crippen LogP contribution >= 0.6 is 24.4 Å². The van der Waals surface area contributed by atoms with Gasteiger partial charge in [-0.15, -0.1) is 0 Å². The standard InChI is InChI=1S/2C22H14FNS/c1-16-2-6-20(22(23)14-16)9-5-17-3-7-18(8-4-17)19-10-12-21(13-11-19)24-15-25;1-16-2-13-21(22(23)14-16)19-9-5-17(6-10-19)3-4-18-7-11-20(12-8-18)24-15-25/h2-4,6-8,10-14H,1H3;2,5-14H,1H3. The molecule has 6 aromatic carbocycles. The van der Waals surface area contributed by atoms with Crippen LogP contribution in [0.5, 0.6) is 0 Å². The molecule has 6 aromatic rings. The molecule has 6 heteroatoms. The Bertz CT molecular complexity index is 2350. The second-order valence-electron chi connectivity index (χ2n) is 11.1. The number of halogens is 2. The summed E-state index contributed by atoms with van der Waals surface area (Å²) in [4.78, 5) is 7.84. The molecule has 0 amide bonds. The number of benzene rings is 6. The quantitative estimate of drug-likeness (QED) is 0.105. The van der Waals surface area contributed by atoms with Crippen LogP contribution in [-0.2, 0) is 0 Å². The van der Waals surface area contributed by atoms with Crippen molar-refractivity contribution in [2.45, 2.75) is 13.8 Å². The van der Waals surface area contributed by atoms with Gasteiger partial charge in [0.15, 0.2) is 0 Å². The Labute approximate surface area is 301 Å². The Morgan fingerprint density at radius 2 is 0.840 bits per heavy atom. The molecule has 0 saturated carbocycles. The molecule has 0 aromatic heterocycles. The summed E-state index contributed by atoms with van der Waals surface area (Å²) in [5.41, 5.74) is 9.92. The van der Waals surface area contributed by atoms with E-state index in [1.807, 2.05) is 123 Å². The van der Waals surface area contributed by atoms with Crippen LogP contribution in [0.1, 0.15) is 33.4 Å². The Hall–Kier alpha value is -6.10. The van der Waals surface area contributed by atoms with E-state index >= 15 is 0 Å². The van der Waals surface area contributed by atoms with Crippen molar-refractivity contribution in [3.8, 4) is 45.9 Å². The monoisotopic (exact) mass is 686 g/mol. The lowest BCUT2D eigenvalue weighted by Gasteiger charge is -2.04. The van der Waals surface area contributed by atoms with E-state index in [4.69, 9.17) is 0 Å². The van der Waals surface area contributed by atoms with Crippen LogP contribution in [0.25, 0.3) is 22.3 Å². The summed E-state index contributed by atoms with van der Waals surface area (Å²) in [5.74, 6) is 11.6. The summed E-state index contributed by atoms with van der Waals surface area (Å²) in [7, 11) is 0. The fourth-order valence-corrected chi connectivity index (χ4v) is 5.00. The number of aliphatic imine (C=N–C) groups is 2. The number of hydrogen-bond acceptors (Lipinski definition) is 4. The number of rotatable bonds is 4. The van der Waals surface area contributed by atoms with Gasteiger partial charge in [0.1, 0.15) is 11.6 Å². The molecule has 240 valence electrons. The van der Waals surface area contributed by atoms with E-state index < -0.39 is 0 Å². The van der Waals surface area contributed by atoms with Crippen LogP contribution in [0.2, 0.25) is 0 Å². The molecular formula is C44H28F2N2S2. The fraction of sp³-hybridized carbons (Fsp3) is 0.0455. The first kappa shape index (κ1) is 35.2. The van der Waals surface area contributed by atoms with Crippen LogP contribution in [0, 0.1) is 49.2 Å². The Kier molecular flexibility index (Phi) is 12.2. The van der Waals surface area contributed by atoms with E-state index in [0.717, 1.165) is 55.9 Å². The van der Waals surface area contributed by atoms with Gasteiger partial charge in [0.05, 0.1) is 27.3 Å². The van der Waals surface area contributed by atoms with Crippen LogP contribution in [0.4, 0.5) is 20.2 Å². The van der Waals surface area contributed by atoms with E-state index in [-0.39, 0.29) is 11.6 Å². The van der Waals surface area contributed by atoms with Crippen molar-refractivity contribution in [3.05, 3.63) is 178 Å². The third kappa shape index (κ3) is 9.96. The largest absolute Gasteiger partial charge is 0.206 e. The summed E-state index contributed by atoms with van der Waals surface area (Å²) in [5, 5.41) is 4.68. The summed E-state index contributed by atoms with van der Waals surface area (Å²) in [6.07, 6.45) is 0. The summed E-state index contributed by atoms with van der Waals surface area (Å²) < 4.78 is 27.9. The molecule has 2 nitrogen and oxygen atoms in total. The van der Waals surface area contributed by atoms with E-state index in [2.05, 4.69) is 68.4 Å². The number of nitrogens with zero attached hydrogens (tertiary/aromatic N) is 2. The molecule has 50 heavy (non-hydrogen) atoms. The summed E-state index contributed by atoms with van der Waals surface area (Å²) in [6, 6.07) is 40.9. The fourth-order valence-electron chi connectivity index (χ4n) is 4.79. The molecule has 0 spiro atoms. The highest BCUT2D eigenvalue weighted by molar-refractivity contribution is 7.78. The first-order chi connectivity index (χ1) is 24.3. The molecule has 0 saturated heterocycles. The van der Waals surface area contributed by atoms with Gasteiger partial charge in [-0.25, -0.2) is 8.78 Å². The second kappa shape index (κ2) is 17.3. The molecule has 0 N–H and O–H groups in total. The number of isothiocyanates is 2. The minimum Gasteiger partial charge on any atom is -0.206 e. The van der Waals surface area contributed by atoms with Crippen molar-refractivity contribution in [1.29, 1.82) is 0 Å². The predicted octanol–water partition coefficient (Wildman–Crippen LogP) is 11.9. The molecule has 6 rings (SSSR count). The Morgan fingerprint density at radius 1 is 0.440 bits per heavy atom. The number of thiocarbonyl (C=S) groups is 2. The molecule has 0 heterocycles. The average Bonchev–Trinajstić information content (AvgIpc) is 3.12. The van der Waals surface area contributed by atoms with Gasteiger partial charge < -0.3 is 0 Å². The van der Waals surface area contributed by atoms with Crippen molar-refractivity contribution in [2.24, 2.45) is 9.98 Å². The zero-order valence-corrected chi connectivity index (χ0v) is 28.8. The van der Waals surface area contributed by atoms with Crippen LogP contribution < -0.4 is 0 Å². The van der Waals surface area contributed by atoms with Crippen molar-refractivity contribution in [3.63, 3.8) is 0 Å². The molecule has 0 fully saturated rings. The number of aryl methyl sites for hydroxylation is 2. The van der Waals surface area contributed by atoms with Crippen molar-refractivity contribution < 1.29 is 8.78 Å². The first-order valence-electron chi connectivity index (χ1n) is 15.4. The van der Waals surface area contributed by atoms with Gasteiger partial charge in [-0.2, -0.15) is 9.98 Å². The molecular weight excluding hydrogens is 659 g/mol. The third-order valence-electron chi connectivity index (χ3n) is 7.44. The first-order valence-corrected chi connectivity index (χ1v) is 16.3. The van der Waals surface area contributed by atoms with Crippen molar-refractivity contribution >= 4 is 46.1 Å².